The number of nitrogens with one attached hydrogen (secondary N) is 1. The van der Waals surface area contributed by atoms with Crippen molar-refractivity contribution in [2.24, 2.45) is 7.05 Å². The number of hydrogen-bond donors (Lipinski definition) is 1. The van der Waals surface area contributed by atoms with Crippen molar-refractivity contribution in [1.29, 1.82) is 0 Å². The number of benzene rings is 1. The molecule has 0 fully saturated rings. The van der Waals surface area contributed by atoms with Crippen LogP contribution in [0.25, 0.3) is 0 Å². The van der Waals surface area contributed by atoms with Crippen LogP contribution in [0.5, 0.6) is 0 Å². The fourth-order valence-electron chi connectivity index (χ4n) is 2.16. The zero-order valence-electron chi connectivity index (χ0n) is 11.4. The molecule has 0 saturated carbocycles. The van der Waals surface area contributed by atoms with Crippen molar-refractivity contribution >= 4 is 0 Å². The molecule has 1 aromatic carbocycles. The minimum atomic E-state index is 0.375. The number of nitrogens with zero attached hydrogens (tertiary/aromatic N) is 2. The third-order valence-corrected chi connectivity index (χ3v) is 3.32. The van der Waals surface area contributed by atoms with Gasteiger partial charge in [0.05, 0.1) is 6.20 Å². The van der Waals surface area contributed by atoms with Crippen LogP contribution in [-0.4, -0.2) is 16.8 Å². The lowest BCUT2D eigenvalue weighted by molar-refractivity contribution is 0.548. The molecule has 1 atom stereocenters. The molecular formula is C15H21N3. The van der Waals surface area contributed by atoms with Gasteiger partial charge in [-0.3, -0.25) is 4.68 Å². The van der Waals surface area contributed by atoms with Gasteiger partial charge in [-0.15, -0.1) is 0 Å². The molecule has 1 N–H and O–H groups in total. The molecule has 3 heteroatoms. The first-order valence-corrected chi connectivity index (χ1v) is 6.40. The fraction of sp³-hybridized carbons (Fsp3) is 0.400. The van der Waals surface area contributed by atoms with Crippen LogP contribution >= 0.6 is 0 Å². The molecule has 3 nitrogen and oxygen atoms in total. The van der Waals surface area contributed by atoms with Crippen LogP contribution < -0.4 is 5.32 Å². The van der Waals surface area contributed by atoms with Gasteiger partial charge in [-0.25, -0.2) is 0 Å². The first kappa shape index (κ1) is 12.8. The molecule has 2 rings (SSSR count). The maximum Gasteiger partial charge on any atom is 0.0537 e. The van der Waals surface area contributed by atoms with E-state index in [9.17, 15) is 0 Å². The highest BCUT2D eigenvalue weighted by Crippen LogP contribution is 2.18. The lowest BCUT2D eigenvalue weighted by Gasteiger charge is -2.14. The predicted octanol–water partition coefficient (Wildman–Crippen LogP) is 2.62. The first-order valence-electron chi connectivity index (χ1n) is 6.40. The Hall–Kier alpha value is -1.61. The second kappa shape index (κ2) is 5.83. The van der Waals surface area contributed by atoms with E-state index < -0.39 is 0 Å². The summed E-state index contributed by atoms with van der Waals surface area (Å²) in [5.74, 6) is 0. The highest BCUT2D eigenvalue weighted by Gasteiger charge is 2.10. The van der Waals surface area contributed by atoms with Crippen LogP contribution in [0.2, 0.25) is 0 Å². The normalized spacial score (nSPS) is 12.6. The Balaban J connectivity index is 1.97. The van der Waals surface area contributed by atoms with Gasteiger partial charge in [0.2, 0.25) is 0 Å². The zero-order valence-corrected chi connectivity index (χ0v) is 11.4. The fourth-order valence-corrected chi connectivity index (χ4v) is 2.16. The topological polar surface area (TPSA) is 29.9 Å². The maximum atomic E-state index is 4.23. The third kappa shape index (κ3) is 3.20. The quantitative estimate of drug-likeness (QED) is 0.875. The molecule has 0 bridgehead atoms. The number of aryl methyl sites for hydroxylation is 3. The average Bonchev–Trinajstić information content (AvgIpc) is 2.79. The van der Waals surface area contributed by atoms with E-state index >= 15 is 0 Å². The molecule has 0 amide bonds. The number of hydrogen-bond acceptors (Lipinski definition) is 2. The molecule has 96 valence electrons. The van der Waals surface area contributed by atoms with Crippen LogP contribution in [0, 0.1) is 6.92 Å². The molecule has 0 saturated heterocycles. The summed E-state index contributed by atoms with van der Waals surface area (Å²) in [7, 11) is 3.96. The van der Waals surface area contributed by atoms with Crippen molar-refractivity contribution in [1.82, 2.24) is 15.1 Å². The molecule has 0 aliphatic heterocycles. The highest BCUT2D eigenvalue weighted by atomic mass is 15.2. The maximum absolute atomic E-state index is 4.23. The summed E-state index contributed by atoms with van der Waals surface area (Å²) in [5.41, 5.74) is 3.97. The van der Waals surface area contributed by atoms with Crippen LogP contribution in [0.3, 0.4) is 0 Å². The third-order valence-electron chi connectivity index (χ3n) is 3.32. The van der Waals surface area contributed by atoms with Gasteiger partial charge in [0.15, 0.2) is 0 Å². The van der Waals surface area contributed by atoms with Crippen LogP contribution in [0.4, 0.5) is 0 Å². The van der Waals surface area contributed by atoms with E-state index in [1.807, 2.05) is 25.0 Å². The summed E-state index contributed by atoms with van der Waals surface area (Å²) >= 11 is 0. The monoisotopic (exact) mass is 243 g/mol. The number of aromatic nitrogens is 2. The lowest BCUT2D eigenvalue weighted by atomic mass is 10.0. The van der Waals surface area contributed by atoms with E-state index in [4.69, 9.17) is 0 Å². The van der Waals surface area contributed by atoms with Gasteiger partial charge in [-0.1, -0.05) is 29.8 Å². The van der Waals surface area contributed by atoms with Gasteiger partial charge < -0.3 is 5.32 Å². The van der Waals surface area contributed by atoms with Crippen LogP contribution in [0.1, 0.15) is 29.2 Å². The average molecular weight is 243 g/mol. The molecule has 0 aliphatic carbocycles. The Bertz CT molecular complexity index is 485. The Morgan fingerprint density at radius 2 is 2.00 bits per heavy atom. The van der Waals surface area contributed by atoms with Crippen molar-refractivity contribution in [3.8, 4) is 0 Å². The van der Waals surface area contributed by atoms with Crippen molar-refractivity contribution in [2.75, 3.05) is 7.05 Å². The summed E-state index contributed by atoms with van der Waals surface area (Å²) in [6.07, 6.45) is 6.19. The van der Waals surface area contributed by atoms with Gasteiger partial charge in [0.1, 0.15) is 0 Å². The lowest BCUT2D eigenvalue weighted by Crippen LogP contribution is -2.16. The molecular weight excluding hydrogens is 222 g/mol. The van der Waals surface area contributed by atoms with E-state index in [1.54, 1.807) is 0 Å². The van der Waals surface area contributed by atoms with Gasteiger partial charge >= 0.3 is 0 Å². The van der Waals surface area contributed by atoms with E-state index in [0.29, 0.717) is 6.04 Å². The summed E-state index contributed by atoms with van der Waals surface area (Å²) in [5, 5.41) is 7.59. The minimum absolute atomic E-state index is 0.375. The number of rotatable bonds is 5. The Labute approximate surface area is 109 Å². The van der Waals surface area contributed by atoms with Gasteiger partial charge in [-0.05, 0) is 32.4 Å². The summed E-state index contributed by atoms with van der Waals surface area (Å²) in [4.78, 5) is 0. The minimum Gasteiger partial charge on any atom is -0.313 e. The van der Waals surface area contributed by atoms with Crippen LogP contribution in [0.15, 0.2) is 36.7 Å². The summed E-state index contributed by atoms with van der Waals surface area (Å²) < 4.78 is 1.85. The largest absolute Gasteiger partial charge is 0.313 e. The molecule has 0 aliphatic rings. The molecule has 1 aromatic heterocycles. The smallest absolute Gasteiger partial charge is 0.0537 e. The Kier molecular flexibility index (Phi) is 4.15. The highest BCUT2D eigenvalue weighted by molar-refractivity contribution is 5.22. The van der Waals surface area contributed by atoms with E-state index in [-0.39, 0.29) is 0 Å². The van der Waals surface area contributed by atoms with Gasteiger partial charge in [-0.2, -0.15) is 5.10 Å². The molecule has 0 spiro atoms. The van der Waals surface area contributed by atoms with Crippen molar-refractivity contribution in [3.63, 3.8) is 0 Å². The van der Waals surface area contributed by atoms with E-state index in [2.05, 4.69) is 47.8 Å². The summed E-state index contributed by atoms with van der Waals surface area (Å²) in [6, 6.07) is 9.15. The van der Waals surface area contributed by atoms with Crippen molar-refractivity contribution < 1.29 is 0 Å². The predicted molar refractivity (Wildman–Crippen MR) is 74.5 cm³/mol. The van der Waals surface area contributed by atoms with Gasteiger partial charge in [0.25, 0.3) is 0 Å². The van der Waals surface area contributed by atoms with E-state index in [1.165, 1.54) is 16.7 Å². The molecule has 1 unspecified atom stereocenters. The van der Waals surface area contributed by atoms with Crippen molar-refractivity contribution in [3.05, 3.63) is 53.3 Å². The van der Waals surface area contributed by atoms with Crippen molar-refractivity contribution in [2.45, 2.75) is 25.8 Å². The molecule has 18 heavy (non-hydrogen) atoms. The van der Waals surface area contributed by atoms with Crippen LogP contribution in [-0.2, 0) is 13.5 Å². The SMILES string of the molecule is CNC(CCc1ccc(C)cc1)c1cnn(C)c1. The Morgan fingerprint density at radius 1 is 1.28 bits per heavy atom. The van der Waals surface area contributed by atoms with Gasteiger partial charge in [0, 0.05) is 24.8 Å². The second-order valence-corrected chi connectivity index (χ2v) is 4.81. The Morgan fingerprint density at radius 3 is 2.56 bits per heavy atom. The van der Waals surface area contributed by atoms with E-state index in [0.717, 1.165) is 12.8 Å². The summed E-state index contributed by atoms with van der Waals surface area (Å²) in [6.45, 7) is 2.12. The molecule has 1 heterocycles. The zero-order chi connectivity index (χ0) is 13.0. The first-order chi connectivity index (χ1) is 8.69. The molecule has 0 radical (unpaired) electrons. The molecule has 2 aromatic rings. The standard InChI is InChI=1S/C15H21N3/c1-12-4-6-13(7-5-12)8-9-15(16-2)14-10-17-18(3)11-14/h4-7,10-11,15-16H,8-9H2,1-3H3. The second-order valence-electron chi connectivity index (χ2n) is 4.81.